The molecule has 2 rings (SSSR count). The highest BCUT2D eigenvalue weighted by molar-refractivity contribution is 5.79. The van der Waals surface area contributed by atoms with Gasteiger partial charge in [-0.3, -0.25) is 9.69 Å². The number of nitrogens with zero attached hydrogens (tertiary/aromatic N) is 1. The fourth-order valence-electron chi connectivity index (χ4n) is 3.24. The van der Waals surface area contributed by atoms with Gasteiger partial charge in [-0.1, -0.05) is 13.3 Å². The number of aliphatic carboxylic acids is 1. The third-order valence-electron chi connectivity index (χ3n) is 4.63. The first-order valence-electron chi connectivity index (χ1n) is 7.31. The fourth-order valence-corrected chi connectivity index (χ4v) is 3.24. The molecule has 0 saturated heterocycles. The zero-order valence-corrected chi connectivity index (χ0v) is 11.6. The van der Waals surface area contributed by atoms with Crippen LogP contribution in [0.1, 0.15) is 51.9 Å². The minimum absolute atomic E-state index is 0.465. The molecule has 0 heterocycles. The van der Waals surface area contributed by atoms with Crippen molar-refractivity contribution < 1.29 is 9.90 Å². The van der Waals surface area contributed by atoms with E-state index in [1.165, 1.54) is 25.7 Å². The zero-order chi connectivity index (χ0) is 13.2. The molecule has 0 radical (unpaired) electrons. The van der Waals surface area contributed by atoms with Crippen LogP contribution < -0.4 is 5.32 Å². The van der Waals surface area contributed by atoms with E-state index in [1.54, 1.807) is 7.05 Å². The number of likely N-dealkylation sites (N-methyl/N-ethyl adjacent to an activating group) is 1. The van der Waals surface area contributed by atoms with Crippen molar-refractivity contribution in [3.8, 4) is 0 Å². The second-order valence-corrected chi connectivity index (χ2v) is 5.86. The van der Waals surface area contributed by atoms with Gasteiger partial charge in [0.15, 0.2) is 0 Å². The number of nitrogens with one attached hydrogen (secondary N) is 1. The lowest BCUT2D eigenvalue weighted by Gasteiger charge is -2.30. The SMILES string of the molecule is CCCCN(C1CC1)C1CCC(NC)(C(=O)O)C1. The summed E-state index contributed by atoms with van der Waals surface area (Å²) < 4.78 is 0. The molecule has 2 saturated carbocycles. The van der Waals surface area contributed by atoms with Crippen molar-refractivity contribution in [1.82, 2.24) is 10.2 Å². The summed E-state index contributed by atoms with van der Waals surface area (Å²) in [5, 5.41) is 12.5. The Hall–Kier alpha value is -0.610. The number of carbonyl (C=O) groups is 1. The summed E-state index contributed by atoms with van der Waals surface area (Å²) in [5.74, 6) is -0.682. The summed E-state index contributed by atoms with van der Waals surface area (Å²) in [6.07, 6.45) is 7.60. The topological polar surface area (TPSA) is 52.6 Å². The zero-order valence-electron chi connectivity index (χ0n) is 11.6. The summed E-state index contributed by atoms with van der Waals surface area (Å²) >= 11 is 0. The standard InChI is InChI=1S/C14H26N2O2/c1-3-4-9-16(11-5-6-11)12-7-8-14(10-12,15-2)13(17)18/h11-12,15H,3-10H2,1-2H3,(H,17,18). The van der Waals surface area contributed by atoms with E-state index >= 15 is 0 Å². The molecule has 2 aliphatic carbocycles. The van der Waals surface area contributed by atoms with Crippen LogP contribution >= 0.6 is 0 Å². The van der Waals surface area contributed by atoms with E-state index in [9.17, 15) is 9.90 Å². The normalized spacial score (nSPS) is 32.1. The Bertz CT molecular complexity index is 304. The molecule has 2 unspecified atom stereocenters. The van der Waals surface area contributed by atoms with Crippen molar-refractivity contribution in [3.05, 3.63) is 0 Å². The molecule has 2 N–H and O–H groups in total. The largest absolute Gasteiger partial charge is 0.480 e. The van der Waals surface area contributed by atoms with Crippen molar-refractivity contribution in [2.45, 2.75) is 69.5 Å². The average Bonchev–Trinajstić information content (AvgIpc) is 3.09. The second-order valence-electron chi connectivity index (χ2n) is 5.86. The van der Waals surface area contributed by atoms with Crippen molar-refractivity contribution in [1.29, 1.82) is 0 Å². The molecule has 4 nitrogen and oxygen atoms in total. The van der Waals surface area contributed by atoms with Crippen LogP contribution in [0.5, 0.6) is 0 Å². The van der Waals surface area contributed by atoms with Gasteiger partial charge in [-0.15, -0.1) is 0 Å². The van der Waals surface area contributed by atoms with Gasteiger partial charge in [0.05, 0.1) is 0 Å². The van der Waals surface area contributed by atoms with Gasteiger partial charge < -0.3 is 10.4 Å². The summed E-state index contributed by atoms with van der Waals surface area (Å²) in [4.78, 5) is 14.0. The molecule has 4 heteroatoms. The highest BCUT2D eigenvalue weighted by atomic mass is 16.4. The van der Waals surface area contributed by atoms with Gasteiger partial charge in [0.1, 0.15) is 5.54 Å². The van der Waals surface area contributed by atoms with Gasteiger partial charge in [0.2, 0.25) is 0 Å². The van der Waals surface area contributed by atoms with Crippen LogP contribution in [-0.2, 0) is 4.79 Å². The van der Waals surface area contributed by atoms with Gasteiger partial charge in [-0.2, -0.15) is 0 Å². The number of hydrogen-bond donors (Lipinski definition) is 2. The first-order chi connectivity index (χ1) is 8.63. The minimum Gasteiger partial charge on any atom is -0.480 e. The number of hydrogen-bond acceptors (Lipinski definition) is 3. The Morgan fingerprint density at radius 2 is 2.11 bits per heavy atom. The van der Waals surface area contributed by atoms with E-state index in [4.69, 9.17) is 0 Å². The highest BCUT2D eigenvalue weighted by Gasteiger charge is 2.47. The summed E-state index contributed by atoms with van der Waals surface area (Å²) in [6.45, 7) is 3.36. The maximum Gasteiger partial charge on any atom is 0.323 e. The molecule has 0 aliphatic heterocycles. The Morgan fingerprint density at radius 3 is 2.56 bits per heavy atom. The van der Waals surface area contributed by atoms with Gasteiger partial charge in [0.25, 0.3) is 0 Å². The highest BCUT2D eigenvalue weighted by Crippen LogP contribution is 2.38. The van der Waals surface area contributed by atoms with Gasteiger partial charge in [-0.25, -0.2) is 0 Å². The van der Waals surface area contributed by atoms with Crippen LogP contribution in [0.15, 0.2) is 0 Å². The first-order valence-corrected chi connectivity index (χ1v) is 7.31. The number of carboxylic acid groups (broad SMARTS) is 1. The molecule has 18 heavy (non-hydrogen) atoms. The Morgan fingerprint density at radius 1 is 1.39 bits per heavy atom. The van der Waals surface area contributed by atoms with E-state index in [-0.39, 0.29) is 0 Å². The molecule has 104 valence electrons. The van der Waals surface area contributed by atoms with Crippen molar-refractivity contribution >= 4 is 5.97 Å². The maximum absolute atomic E-state index is 11.4. The molecule has 0 bridgehead atoms. The quantitative estimate of drug-likeness (QED) is 0.728. The molecule has 2 aliphatic rings. The third-order valence-corrected chi connectivity index (χ3v) is 4.63. The van der Waals surface area contributed by atoms with Crippen LogP contribution in [0.3, 0.4) is 0 Å². The van der Waals surface area contributed by atoms with E-state index in [0.717, 1.165) is 31.8 Å². The van der Waals surface area contributed by atoms with E-state index in [1.807, 2.05) is 0 Å². The van der Waals surface area contributed by atoms with Crippen LogP contribution in [0, 0.1) is 0 Å². The summed E-state index contributed by atoms with van der Waals surface area (Å²) in [6, 6.07) is 1.20. The van der Waals surface area contributed by atoms with Gasteiger partial charge >= 0.3 is 5.97 Å². The van der Waals surface area contributed by atoms with Crippen LogP contribution in [0.25, 0.3) is 0 Å². The monoisotopic (exact) mass is 254 g/mol. The van der Waals surface area contributed by atoms with Crippen molar-refractivity contribution in [2.75, 3.05) is 13.6 Å². The van der Waals surface area contributed by atoms with Crippen LogP contribution in [0.4, 0.5) is 0 Å². The average molecular weight is 254 g/mol. The number of unbranched alkanes of at least 4 members (excludes halogenated alkanes) is 1. The predicted molar refractivity (Wildman–Crippen MR) is 71.7 cm³/mol. The molecule has 0 spiro atoms. The minimum atomic E-state index is -0.682. The first kappa shape index (κ1) is 13.8. The molecule has 0 aromatic heterocycles. The van der Waals surface area contributed by atoms with Crippen molar-refractivity contribution in [2.24, 2.45) is 0 Å². The maximum atomic E-state index is 11.4. The van der Waals surface area contributed by atoms with E-state index in [2.05, 4.69) is 17.1 Å². The summed E-state index contributed by atoms with van der Waals surface area (Å²) in [7, 11) is 1.78. The Labute approximate surface area is 110 Å². The van der Waals surface area contributed by atoms with Crippen LogP contribution in [0.2, 0.25) is 0 Å². The second kappa shape index (κ2) is 5.57. The number of rotatable bonds is 7. The Kier molecular flexibility index (Phi) is 4.28. The van der Waals surface area contributed by atoms with Gasteiger partial charge in [0, 0.05) is 12.1 Å². The van der Waals surface area contributed by atoms with Crippen molar-refractivity contribution in [3.63, 3.8) is 0 Å². The molecule has 0 aromatic carbocycles. The van der Waals surface area contributed by atoms with E-state index < -0.39 is 11.5 Å². The predicted octanol–water partition coefficient (Wildman–Crippen LogP) is 1.85. The molecule has 0 aromatic rings. The lowest BCUT2D eigenvalue weighted by atomic mass is 9.97. The molecular formula is C14H26N2O2. The van der Waals surface area contributed by atoms with E-state index in [0.29, 0.717) is 6.04 Å². The van der Waals surface area contributed by atoms with Gasteiger partial charge in [-0.05, 0) is 52.1 Å². The molecule has 0 amide bonds. The fraction of sp³-hybridized carbons (Fsp3) is 0.929. The molecule has 2 atom stereocenters. The lowest BCUT2D eigenvalue weighted by Crippen LogP contribution is -2.49. The third kappa shape index (κ3) is 2.69. The number of carboxylic acids is 1. The Balaban J connectivity index is 1.98. The molecular weight excluding hydrogens is 228 g/mol. The smallest absolute Gasteiger partial charge is 0.323 e. The molecule has 2 fully saturated rings. The summed E-state index contributed by atoms with van der Waals surface area (Å²) in [5.41, 5.74) is -0.677. The van der Waals surface area contributed by atoms with Crippen LogP contribution in [-0.4, -0.2) is 47.2 Å². The lowest BCUT2D eigenvalue weighted by molar-refractivity contribution is -0.144.